The lowest BCUT2D eigenvalue weighted by Crippen LogP contribution is -2.24. The third-order valence-corrected chi connectivity index (χ3v) is 4.30. The van der Waals surface area contributed by atoms with Crippen LogP contribution < -0.4 is 15.0 Å². The van der Waals surface area contributed by atoms with Crippen molar-refractivity contribution in [2.45, 2.75) is 12.8 Å². The van der Waals surface area contributed by atoms with Crippen molar-refractivity contribution in [1.82, 2.24) is 0 Å². The first kappa shape index (κ1) is 17.0. The van der Waals surface area contributed by atoms with Crippen molar-refractivity contribution in [1.29, 1.82) is 0 Å². The number of rotatable bonds is 5. The van der Waals surface area contributed by atoms with Crippen molar-refractivity contribution < 1.29 is 14.5 Å². The Kier molecular flexibility index (Phi) is 4.76. The monoisotopic (exact) mass is 361 g/mol. The van der Waals surface area contributed by atoms with Crippen LogP contribution in [0.25, 0.3) is 0 Å². The van der Waals surface area contributed by atoms with Crippen molar-refractivity contribution in [2.24, 2.45) is 0 Å². The van der Waals surface area contributed by atoms with E-state index in [4.69, 9.17) is 16.3 Å². The van der Waals surface area contributed by atoms with Gasteiger partial charge in [0.25, 0.3) is 5.69 Å². The molecule has 1 saturated heterocycles. The second kappa shape index (κ2) is 6.98. The minimum absolute atomic E-state index is 0.0591. The number of amides is 1. The molecule has 0 bridgehead atoms. The summed E-state index contributed by atoms with van der Waals surface area (Å²) >= 11 is 6.12. The van der Waals surface area contributed by atoms with Gasteiger partial charge in [0.1, 0.15) is 5.75 Å². The minimum atomic E-state index is -0.500. The summed E-state index contributed by atoms with van der Waals surface area (Å²) in [5.74, 6) is 0.666. The Bertz CT molecular complexity index is 841. The molecule has 1 fully saturated rings. The lowest BCUT2D eigenvalue weighted by atomic mass is 10.2. The van der Waals surface area contributed by atoms with Crippen LogP contribution in [0.4, 0.5) is 22.7 Å². The molecule has 8 heteroatoms. The number of anilines is 3. The lowest BCUT2D eigenvalue weighted by molar-refractivity contribution is -0.384. The maximum absolute atomic E-state index is 12.0. The zero-order valence-corrected chi connectivity index (χ0v) is 14.2. The van der Waals surface area contributed by atoms with Crippen LogP contribution in [0.3, 0.4) is 0 Å². The Morgan fingerprint density at radius 2 is 2.08 bits per heavy atom. The Hall–Kier alpha value is -2.80. The lowest BCUT2D eigenvalue weighted by Gasteiger charge is -2.20. The van der Waals surface area contributed by atoms with E-state index in [1.807, 2.05) is 0 Å². The highest BCUT2D eigenvalue weighted by atomic mass is 35.5. The molecule has 1 aliphatic heterocycles. The Morgan fingerprint density at radius 1 is 1.28 bits per heavy atom. The van der Waals surface area contributed by atoms with Gasteiger partial charge in [-0.15, -0.1) is 0 Å². The largest absolute Gasteiger partial charge is 0.495 e. The quantitative estimate of drug-likeness (QED) is 0.639. The zero-order valence-electron chi connectivity index (χ0n) is 13.5. The summed E-state index contributed by atoms with van der Waals surface area (Å²) in [4.78, 5) is 24.0. The second-order valence-electron chi connectivity index (χ2n) is 5.58. The molecule has 7 nitrogen and oxygen atoms in total. The van der Waals surface area contributed by atoms with Crippen molar-refractivity contribution in [3.8, 4) is 5.75 Å². The molecule has 25 heavy (non-hydrogen) atoms. The van der Waals surface area contributed by atoms with Crippen molar-refractivity contribution in [2.75, 3.05) is 23.9 Å². The van der Waals surface area contributed by atoms with Crippen LogP contribution in [0.1, 0.15) is 12.8 Å². The highest BCUT2D eigenvalue weighted by Crippen LogP contribution is 2.36. The van der Waals surface area contributed by atoms with Crippen molar-refractivity contribution in [3.05, 3.63) is 51.5 Å². The van der Waals surface area contributed by atoms with Gasteiger partial charge in [-0.05, 0) is 30.7 Å². The van der Waals surface area contributed by atoms with E-state index < -0.39 is 4.92 Å². The van der Waals surface area contributed by atoms with Crippen molar-refractivity contribution in [3.63, 3.8) is 0 Å². The van der Waals surface area contributed by atoms with Gasteiger partial charge in [-0.1, -0.05) is 11.6 Å². The molecule has 130 valence electrons. The van der Waals surface area contributed by atoms with E-state index >= 15 is 0 Å². The maximum Gasteiger partial charge on any atom is 0.271 e. The molecule has 3 rings (SSSR count). The Morgan fingerprint density at radius 3 is 2.68 bits per heavy atom. The zero-order chi connectivity index (χ0) is 18.0. The fourth-order valence-electron chi connectivity index (χ4n) is 2.76. The predicted molar refractivity (Wildman–Crippen MR) is 96.0 cm³/mol. The van der Waals surface area contributed by atoms with E-state index in [0.717, 1.165) is 6.42 Å². The van der Waals surface area contributed by atoms with E-state index in [2.05, 4.69) is 5.32 Å². The highest BCUT2D eigenvalue weighted by Gasteiger charge is 2.24. The van der Waals surface area contributed by atoms with Gasteiger partial charge in [0, 0.05) is 30.8 Å². The molecule has 0 aliphatic carbocycles. The number of carbonyl (C=O) groups excluding carboxylic acids is 1. The molecule has 0 saturated carbocycles. The van der Waals surface area contributed by atoms with Crippen LogP contribution in [0, 0.1) is 10.1 Å². The van der Waals surface area contributed by atoms with Gasteiger partial charge < -0.3 is 15.0 Å². The maximum atomic E-state index is 12.0. The predicted octanol–water partition coefficient (Wildman–Crippen LogP) is 4.13. The van der Waals surface area contributed by atoms with Crippen LogP contribution in [-0.2, 0) is 4.79 Å². The number of non-ortho nitro benzene ring substituents is 1. The second-order valence-corrected chi connectivity index (χ2v) is 5.99. The number of benzene rings is 2. The summed E-state index contributed by atoms with van der Waals surface area (Å²) in [7, 11) is 1.56. The van der Waals surface area contributed by atoms with Gasteiger partial charge in [0.05, 0.1) is 28.4 Å². The van der Waals surface area contributed by atoms with E-state index in [9.17, 15) is 14.9 Å². The molecule has 1 amide bonds. The van der Waals surface area contributed by atoms with Gasteiger partial charge in [-0.25, -0.2) is 0 Å². The molecular weight excluding hydrogens is 346 g/mol. The normalized spacial score (nSPS) is 13.8. The van der Waals surface area contributed by atoms with Gasteiger partial charge >= 0.3 is 0 Å². The fourth-order valence-corrected chi connectivity index (χ4v) is 2.98. The van der Waals surface area contributed by atoms with E-state index in [0.29, 0.717) is 35.8 Å². The average Bonchev–Trinajstić information content (AvgIpc) is 3.02. The average molecular weight is 362 g/mol. The number of ether oxygens (including phenoxy) is 1. The summed E-state index contributed by atoms with van der Waals surface area (Å²) in [5, 5.41) is 14.2. The number of hydrogen-bond acceptors (Lipinski definition) is 5. The number of nitrogens with one attached hydrogen (secondary N) is 1. The summed E-state index contributed by atoms with van der Waals surface area (Å²) in [6.07, 6.45) is 1.34. The molecule has 2 aromatic carbocycles. The molecule has 0 radical (unpaired) electrons. The first-order chi connectivity index (χ1) is 12.0. The van der Waals surface area contributed by atoms with Crippen LogP contribution in [-0.4, -0.2) is 24.5 Å². The van der Waals surface area contributed by atoms with E-state index in [1.54, 1.807) is 36.3 Å². The first-order valence-corrected chi connectivity index (χ1v) is 8.07. The van der Waals surface area contributed by atoms with Crippen LogP contribution in [0.5, 0.6) is 5.75 Å². The SMILES string of the molecule is COc1ccc(Nc2ccc([N+](=O)[O-])cc2Cl)cc1N1CCCC1=O. The molecule has 0 unspecified atom stereocenters. The molecule has 1 N–H and O–H groups in total. The number of nitro benzene ring substituents is 1. The number of halogens is 1. The number of methoxy groups -OCH3 is 1. The van der Waals surface area contributed by atoms with E-state index in [1.165, 1.54) is 12.1 Å². The third kappa shape index (κ3) is 3.51. The molecule has 2 aromatic rings. The highest BCUT2D eigenvalue weighted by molar-refractivity contribution is 6.33. The van der Waals surface area contributed by atoms with Crippen molar-refractivity contribution >= 4 is 40.3 Å². The topological polar surface area (TPSA) is 84.7 Å². The third-order valence-electron chi connectivity index (χ3n) is 3.99. The fraction of sp³-hybridized carbons (Fsp3) is 0.235. The summed E-state index contributed by atoms with van der Waals surface area (Å²) in [5.41, 5.74) is 1.85. The summed E-state index contributed by atoms with van der Waals surface area (Å²) in [6.45, 7) is 0.650. The molecule has 0 aromatic heterocycles. The number of nitro groups is 1. The van der Waals surface area contributed by atoms with Gasteiger partial charge in [-0.3, -0.25) is 14.9 Å². The molecule has 1 heterocycles. The smallest absolute Gasteiger partial charge is 0.271 e. The van der Waals surface area contributed by atoms with Crippen LogP contribution in [0.2, 0.25) is 5.02 Å². The molecule has 1 aliphatic rings. The summed E-state index contributed by atoms with van der Waals surface area (Å²) in [6, 6.07) is 9.58. The Labute approximate surface area is 149 Å². The molecule has 0 atom stereocenters. The first-order valence-electron chi connectivity index (χ1n) is 7.69. The van der Waals surface area contributed by atoms with Crippen LogP contribution in [0.15, 0.2) is 36.4 Å². The van der Waals surface area contributed by atoms with Gasteiger partial charge in [0.2, 0.25) is 5.91 Å². The van der Waals surface area contributed by atoms with E-state index in [-0.39, 0.29) is 16.6 Å². The molecular formula is C17H16ClN3O4. The number of hydrogen-bond donors (Lipinski definition) is 1. The molecule has 0 spiro atoms. The number of nitrogens with zero attached hydrogens (tertiary/aromatic N) is 2. The standard InChI is InChI=1S/C17H16ClN3O4/c1-25-16-7-4-11(9-15(16)20-8-2-3-17(20)22)19-14-6-5-12(21(23)24)10-13(14)18/h4-7,9-10,19H,2-3,8H2,1H3. The van der Waals surface area contributed by atoms with Gasteiger partial charge in [0.15, 0.2) is 0 Å². The minimum Gasteiger partial charge on any atom is -0.495 e. The number of carbonyl (C=O) groups is 1. The van der Waals surface area contributed by atoms with Gasteiger partial charge in [-0.2, -0.15) is 0 Å². The summed E-state index contributed by atoms with van der Waals surface area (Å²) < 4.78 is 5.35. The van der Waals surface area contributed by atoms with Crippen LogP contribution >= 0.6 is 11.6 Å². The Balaban J connectivity index is 1.91.